The largest absolute Gasteiger partial charge is 0.346 e. The van der Waals surface area contributed by atoms with Gasteiger partial charge in [-0.3, -0.25) is 14.5 Å². The number of carbonyl (C=O) groups excluding carboxylic acids is 5. The van der Waals surface area contributed by atoms with Crippen LogP contribution in [-0.2, 0) is 19.2 Å². The fourth-order valence-corrected chi connectivity index (χ4v) is 5.62. The van der Waals surface area contributed by atoms with Gasteiger partial charge in [-0.2, -0.15) is 0 Å². The van der Waals surface area contributed by atoms with Gasteiger partial charge in [-0.1, -0.05) is 119 Å². The van der Waals surface area contributed by atoms with Gasteiger partial charge in [0.25, 0.3) is 5.91 Å². The predicted octanol–water partition coefficient (Wildman–Crippen LogP) is 6.65. The molecule has 3 amide bonds. The van der Waals surface area contributed by atoms with Crippen LogP contribution in [-0.4, -0.2) is 123 Å². The SMILES string of the molecule is C1CCCCC1.C=CCNC(=O)C(=O)C(CCCC)NC.CC.CCC.CN(C)SN(C)CC(NC(=O)NCC=O)C(C)(C)C.CN1CCCC1C=O. The zero-order valence-corrected chi connectivity index (χ0v) is 37.1. The number of Topliss-reactive ketones (excluding diaryl/α,β-unsaturated/α-hetero) is 1. The molecule has 3 atom stereocenters. The molecule has 0 spiro atoms. The Bertz CT molecular complexity index is 903. The van der Waals surface area contributed by atoms with Gasteiger partial charge in [0, 0.05) is 31.3 Å². The Balaban J connectivity index is -0.000000309. The van der Waals surface area contributed by atoms with Crippen LogP contribution in [0.3, 0.4) is 0 Å². The number of rotatable bonds is 16. The third-order valence-corrected chi connectivity index (χ3v) is 8.57. The van der Waals surface area contributed by atoms with Crippen molar-refractivity contribution >= 4 is 42.4 Å². The monoisotopic (exact) mass is 774 g/mol. The number of urea groups is 1. The number of hydrogen-bond donors (Lipinski definition) is 4. The van der Waals surface area contributed by atoms with E-state index in [1.54, 1.807) is 25.3 Å². The van der Waals surface area contributed by atoms with E-state index in [4.69, 9.17) is 0 Å². The van der Waals surface area contributed by atoms with Crippen molar-refractivity contribution in [1.82, 2.24) is 34.8 Å². The summed E-state index contributed by atoms with van der Waals surface area (Å²) in [5, 5.41) is 10.7. The molecule has 2 fully saturated rings. The standard InChI is InChI=1S/C12H26N4O2S.C11H20N2O2.C6H11NO.C6H12.C3H8.C2H6/c1-12(2,3)10(9-16(6)19-15(4)5)14-11(18)13-7-8-17;1-4-6-7-9(12-3)10(14)11(15)13-8-5-2;1-7-4-2-3-6(7)5-8;1-2-4-6-5-3-1;1-3-2;1-2/h8,10H,7,9H2,1-6H3,(H2,13,14,18);5,9,12H,2,4,6-8H2,1,3H3,(H,13,15);5-6H,2-4H2,1H3;1-6H2;3H2,1-2H3;1-2H3. The molecule has 1 aliphatic heterocycles. The molecular weight excluding hydrogens is 691 g/mol. The van der Waals surface area contributed by atoms with Crippen LogP contribution in [0.4, 0.5) is 4.79 Å². The highest BCUT2D eigenvalue weighted by atomic mass is 32.2. The molecule has 0 aromatic heterocycles. The molecule has 314 valence electrons. The van der Waals surface area contributed by atoms with E-state index in [-0.39, 0.29) is 36.1 Å². The lowest BCUT2D eigenvalue weighted by Crippen LogP contribution is -2.52. The van der Waals surface area contributed by atoms with E-state index in [2.05, 4.69) is 78.6 Å². The van der Waals surface area contributed by atoms with Crippen molar-refractivity contribution in [3.63, 3.8) is 0 Å². The molecule has 1 saturated carbocycles. The van der Waals surface area contributed by atoms with Crippen LogP contribution in [0.25, 0.3) is 0 Å². The van der Waals surface area contributed by atoms with Gasteiger partial charge in [0.1, 0.15) is 12.6 Å². The highest BCUT2D eigenvalue weighted by Gasteiger charge is 2.28. The molecular formula is C40H83N7O5S. The van der Waals surface area contributed by atoms with Crippen molar-refractivity contribution < 1.29 is 24.0 Å². The molecule has 2 aliphatic rings. The Kier molecular flexibility index (Phi) is 42.6. The number of nitrogens with zero attached hydrogens (tertiary/aromatic N) is 3. The molecule has 53 heavy (non-hydrogen) atoms. The van der Waals surface area contributed by atoms with Gasteiger partial charge in [0.05, 0.1) is 18.6 Å². The van der Waals surface area contributed by atoms with Gasteiger partial charge in [-0.05, 0) is 66.5 Å². The summed E-state index contributed by atoms with van der Waals surface area (Å²) < 4.78 is 4.06. The molecule has 3 unspecified atom stereocenters. The van der Waals surface area contributed by atoms with E-state index >= 15 is 0 Å². The van der Waals surface area contributed by atoms with E-state index in [1.807, 2.05) is 46.3 Å². The summed E-state index contributed by atoms with van der Waals surface area (Å²) >= 11 is 1.58. The van der Waals surface area contributed by atoms with Gasteiger partial charge in [0.2, 0.25) is 5.78 Å². The highest BCUT2D eigenvalue weighted by molar-refractivity contribution is 7.94. The quantitative estimate of drug-likeness (QED) is 0.0583. The number of ketones is 1. The first-order valence-electron chi connectivity index (χ1n) is 19.9. The summed E-state index contributed by atoms with van der Waals surface area (Å²) in [7, 11) is 9.61. The summed E-state index contributed by atoms with van der Waals surface area (Å²) in [4.78, 5) is 57.0. The molecule has 0 aromatic carbocycles. The van der Waals surface area contributed by atoms with Crippen LogP contribution in [0.15, 0.2) is 12.7 Å². The first kappa shape index (κ1) is 57.4. The summed E-state index contributed by atoms with van der Waals surface area (Å²) in [5.41, 5.74) is -0.0698. The molecule has 2 rings (SSSR count). The van der Waals surface area contributed by atoms with E-state index in [9.17, 15) is 24.0 Å². The van der Waals surface area contributed by atoms with Crippen molar-refractivity contribution in [2.75, 3.05) is 61.4 Å². The summed E-state index contributed by atoms with van der Waals surface area (Å²) in [5.74, 6) is -0.932. The molecule has 12 nitrogen and oxygen atoms in total. The Morgan fingerprint density at radius 3 is 1.79 bits per heavy atom. The van der Waals surface area contributed by atoms with Gasteiger partial charge in [-0.15, -0.1) is 6.58 Å². The fraction of sp³-hybridized carbons (Fsp3) is 0.825. The lowest BCUT2D eigenvalue weighted by Gasteiger charge is -2.34. The van der Waals surface area contributed by atoms with Crippen LogP contribution < -0.4 is 21.3 Å². The lowest BCUT2D eigenvalue weighted by molar-refractivity contribution is -0.139. The second kappa shape index (κ2) is 39.4. The zero-order valence-electron chi connectivity index (χ0n) is 36.3. The van der Waals surface area contributed by atoms with Gasteiger partial charge in [-0.25, -0.2) is 13.4 Å². The van der Waals surface area contributed by atoms with Gasteiger partial charge >= 0.3 is 6.03 Å². The van der Waals surface area contributed by atoms with Crippen molar-refractivity contribution in [3.8, 4) is 0 Å². The van der Waals surface area contributed by atoms with Crippen molar-refractivity contribution in [1.29, 1.82) is 0 Å². The Morgan fingerprint density at radius 1 is 0.925 bits per heavy atom. The number of amides is 3. The zero-order chi connectivity index (χ0) is 41.7. The van der Waals surface area contributed by atoms with Crippen LogP contribution in [0.2, 0.25) is 0 Å². The van der Waals surface area contributed by atoms with Gasteiger partial charge in [0.15, 0.2) is 0 Å². The molecule has 0 aromatic rings. The van der Waals surface area contributed by atoms with Crippen molar-refractivity contribution in [2.45, 2.75) is 151 Å². The molecule has 0 bridgehead atoms. The summed E-state index contributed by atoms with van der Waals surface area (Å²) in [6.07, 6.45) is 18.4. The number of hydrogen-bond acceptors (Lipinski definition) is 10. The van der Waals surface area contributed by atoms with E-state index in [1.165, 1.54) is 51.4 Å². The predicted molar refractivity (Wildman–Crippen MR) is 227 cm³/mol. The normalized spacial score (nSPS) is 16.0. The minimum absolute atomic E-state index is 0.0170. The number of unbranched alkanes of at least 4 members (excludes halogenated alkanes) is 1. The smallest absolute Gasteiger partial charge is 0.315 e. The first-order valence-corrected chi connectivity index (χ1v) is 20.6. The average molecular weight is 774 g/mol. The van der Waals surface area contributed by atoms with Gasteiger partial charge < -0.3 is 30.9 Å². The van der Waals surface area contributed by atoms with E-state index < -0.39 is 11.7 Å². The molecule has 0 radical (unpaired) electrons. The van der Waals surface area contributed by atoms with Crippen molar-refractivity contribution in [2.24, 2.45) is 5.41 Å². The maximum Gasteiger partial charge on any atom is 0.315 e. The summed E-state index contributed by atoms with van der Waals surface area (Å²) in [6.45, 7) is 22.1. The van der Waals surface area contributed by atoms with Crippen molar-refractivity contribution in [3.05, 3.63) is 12.7 Å². The average Bonchev–Trinajstić information content (AvgIpc) is 3.56. The fourth-order valence-electron chi connectivity index (χ4n) is 4.84. The third-order valence-electron chi connectivity index (χ3n) is 7.82. The number of aldehydes is 2. The topological polar surface area (TPSA) is 143 Å². The molecule has 1 aliphatic carbocycles. The lowest BCUT2D eigenvalue weighted by atomic mass is 9.87. The molecule has 4 N–H and O–H groups in total. The van der Waals surface area contributed by atoms with Crippen LogP contribution >= 0.6 is 12.1 Å². The van der Waals surface area contributed by atoms with Crippen LogP contribution in [0, 0.1) is 5.41 Å². The van der Waals surface area contributed by atoms with E-state index in [0.29, 0.717) is 25.8 Å². The minimum Gasteiger partial charge on any atom is -0.346 e. The summed E-state index contributed by atoms with van der Waals surface area (Å²) in [6, 6.07) is -0.475. The first-order chi connectivity index (χ1) is 25.1. The number of nitrogens with one attached hydrogen (secondary N) is 4. The minimum atomic E-state index is -0.537. The number of carbonyl (C=O) groups is 5. The molecule has 1 saturated heterocycles. The number of likely N-dealkylation sites (N-methyl/N-ethyl adjacent to an activating group) is 3. The Morgan fingerprint density at radius 2 is 1.45 bits per heavy atom. The number of likely N-dealkylation sites (tertiary alicyclic amines) is 1. The Labute approximate surface area is 330 Å². The second-order valence-corrected chi connectivity index (χ2v) is 15.7. The maximum absolute atomic E-state index is 11.6. The van der Waals surface area contributed by atoms with E-state index in [0.717, 1.165) is 32.1 Å². The maximum atomic E-state index is 11.6. The highest BCUT2D eigenvalue weighted by Crippen LogP contribution is 2.22. The molecule has 1 heterocycles. The second-order valence-electron chi connectivity index (χ2n) is 14.1. The molecule has 13 heteroatoms. The third kappa shape index (κ3) is 36.4. The van der Waals surface area contributed by atoms with Crippen LogP contribution in [0.1, 0.15) is 132 Å². The Hall–Kier alpha value is -2.32. The van der Waals surface area contributed by atoms with Crippen LogP contribution in [0.5, 0.6) is 0 Å².